The number of rotatable bonds is 1. The van der Waals surface area contributed by atoms with Gasteiger partial charge in [0.25, 0.3) is 0 Å². The number of nitrogens with zero attached hydrogens (tertiary/aromatic N) is 1. The van der Waals surface area contributed by atoms with E-state index in [2.05, 4.69) is 4.98 Å². The van der Waals surface area contributed by atoms with Gasteiger partial charge in [-0.05, 0) is 18.2 Å². The molecule has 0 atom stereocenters. The van der Waals surface area contributed by atoms with Crippen LogP contribution in [0.2, 0.25) is 10.0 Å². The highest BCUT2D eigenvalue weighted by atomic mass is 35.5. The Morgan fingerprint density at radius 1 is 0.947 bits per heavy atom. The van der Waals surface area contributed by atoms with E-state index in [1.807, 2.05) is 0 Å². The molecule has 0 amide bonds. The molecular weight excluding hydrogens is 305 g/mol. The maximum atomic E-state index is 13.4. The molecule has 0 fully saturated rings. The van der Waals surface area contributed by atoms with E-state index < -0.39 is 17.6 Å². The maximum absolute atomic E-state index is 13.4. The van der Waals surface area contributed by atoms with Crippen molar-refractivity contribution in [1.82, 2.24) is 4.98 Å². The first-order valence-electron chi connectivity index (χ1n) is 4.96. The molecule has 1 aromatic heterocycles. The SMILES string of the molecule is Fc1cc(-c2cc(Cl)cc(Cl)c2)ncc1C(F)(F)F. The van der Waals surface area contributed by atoms with Crippen molar-refractivity contribution in [3.63, 3.8) is 0 Å². The minimum Gasteiger partial charge on any atom is -0.255 e. The lowest BCUT2D eigenvalue weighted by molar-refractivity contribution is -0.140. The van der Waals surface area contributed by atoms with Crippen LogP contribution in [0, 0.1) is 5.82 Å². The highest BCUT2D eigenvalue weighted by Crippen LogP contribution is 2.33. The third-order valence-corrected chi connectivity index (χ3v) is 2.75. The summed E-state index contributed by atoms with van der Waals surface area (Å²) in [6, 6.07) is 5.02. The lowest BCUT2D eigenvalue weighted by Crippen LogP contribution is -2.09. The van der Waals surface area contributed by atoms with Crippen LogP contribution in [0.25, 0.3) is 11.3 Å². The average Bonchev–Trinajstić information content (AvgIpc) is 2.25. The van der Waals surface area contributed by atoms with E-state index in [9.17, 15) is 17.6 Å². The van der Waals surface area contributed by atoms with Crippen LogP contribution < -0.4 is 0 Å². The van der Waals surface area contributed by atoms with Crippen LogP contribution in [0.1, 0.15) is 5.56 Å². The number of benzene rings is 1. The second-order valence-corrected chi connectivity index (χ2v) is 4.58. The van der Waals surface area contributed by atoms with E-state index in [4.69, 9.17) is 23.2 Å². The van der Waals surface area contributed by atoms with Gasteiger partial charge < -0.3 is 0 Å². The average molecular weight is 310 g/mol. The summed E-state index contributed by atoms with van der Waals surface area (Å²) in [5, 5.41) is 0.564. The summed E-state index contributed by atoms with van der Waals surface area (Å²) >= 11 is 11.5. The first-order chi connectivity index (χ1) is 8.77. The van der Waals surface area contributed by atoms with Gasteiger partial charge in [-0.3, -0.25) is 4.98 Å². The number of hydrogen-bond acceptors (Lipinski definition) is 1. The molecule has 100 valence electrons. The van der Waals surface area contributed by atoms with E-state index in [-0.39, 0.29) is 15.7 Å². The van der Waals surface area contributed by atoms with Crippen molar-refractivity contribution in [3.8, 4) is 11.3 Å². The summed E-state index contributed by atoms with van der Waals surface area (Å²) in [4.78, 5) is 3.58. The van der Waals surface area contributed by atoms with Crippen molar-refractivity contribution >= 4 is 23.2 Å². The van der Waals surface area contributed by atoms with Gasteiger partial charge in [-0.2, -0.15) is 13.2 Å². The van der Waals surface area contributed by atoms with Gasteiger partial charge in [0, 0.05) is 27.9 Å². The number of pyridine rings is 1. The molecule has 1 heterocycles. The first kappa shape index (κ1) is 14.1. The molecule has 0 bridgehead atoms. The largest absolute Gasteiger partial charge is 0.420 e. The predicted octanol–water partition coefficient (Wildman–Crippen LogP) is 5.21. The Hall–Kier alpha value is -1.33. The smallest absolute Gasteiger partial charge is 0.255 e. The molecule has 0 aliphatic carbocycles. The number of halogens is 6. The summed E-state index contributed by atoms with van der Waals surface area (Å²) in [7, 11) is 0. The zero-order valence-corrected chi connectivity index (χ0v) is 10.6. The second kappa shape index (κ2) is 4.98. The molecule has 2 aromatic rings. The highest BCUT2D eigenvalue weighted by Gasteiger charge is 2.34. The molecule has 0 spiro atoms. The van der Waals surface area contributed by atoms with Gasteiger partial charge in [-0.1, -0.05) is 23.2 Å². The third-order valence-electron chi connectivity index (χ3n) is 2.32. The molecule has 0 saturated carbocycles. The molecule has 0 saturated heterocycles. The van der Waals surface area contributed by atoms with E-state index in [1.54, 1.807) is 0 Å². The summed E-state index contributed by atoms with van der Waals surface area (Å²) in [5.74, 6) is -1.39. The molecular formula is C12H5Cl2F4N. The Morgan fingerprint density at radius 3 is 2.00 bits per heavy atom. The summed E-state index contributed by atoms with van der Waals surface area (Å²) < 4.78 is 50.6. The Balaban J connectivity index is 2.50. The Labute approximate surface area is 115 Å². The topological polar surface area (TPSA) is 12.9 Å². The minimum atomic E-state index is -4.78. The summed E-state index contributed by atoms with van der Waals surface area (Å²) in [5.41, 5.74) is -1.05. The van der Waals surface area contributed by atoms with Crippen molar-refractivity contribution in [3.05, 3.63) is 51.9 Å². The van der Waals surface area contributed by atoms with Crippen LogP contribution in [-0.4, -0.2) is 4.98 Å². The Bertz CT molecular complexity index is 605. The van der Waals surface area contributed by atoms with Crippen LogP contribution in [0.5, 0.6) is 0 Å². The van der Waals surface area contributed by atoms with Crippen LogP contribution >= 0.6 is 23.2 Å². The van der Waals surface area contributed by atoms with E-state index in [0.29, 0.717) is 17.8 Å². The van der Waals surface area contributed by atoms with Gasteiger partial charge in [-0.25, -0.2) is 4.39 Å². The van der Waals surface area contributed by atoms with Gasteiger partial charge in [0.1, 0.15) is 11.4 Å². The van der Waals surface area contributed by atoms with Gasteiger partial charge >= 0.3 is 6.18 Å². The van der Waals surface area contributed by atoms with E-state index in [1.165, 1.54) is 18.2 Å². The van der Waals surface area contributed by atoms with Gasteiger partial charge in [-0.15, -0.1) is 0 Å². The zero-order valence-electron chi connectivity index (χ0n) is 9.10. The molecule has 0 aliphatic heterocycles. The van der Waals surface area contributed by atoms with Crippen molar-refractivity contribution in [1.29, 1.82) is 0 Å². The van der Waals surface area contributed by atoms with Crippen LogP contribution in [0.4, 0.5) is 17.6 Å². The zero-order chi connectivity index (χ0) is 14.2. The number of aromatic nitrogens is 1. The molecule has 19 heavy (non-hydrogen) atoms. The van der Waals surface area contributed by atoms with Crippen molar-refractivity contribution in [2.75, 3.05) is 0 Å². The molecule has 0 aliphatic rings. The molecule has 1 aromatic carbocycles. The summed E-state index contributed by atoms with van der Waals surface area (Å²) in [6.07, 6.45) is -4.33. The fourth-order valence-electron chi connectivity index (χ4n) is 1.50. The molecule has 0 radical (unpaired) electrons. The monoisotopic (exact) mass is 309 g/mol. The first-order valence-corrected chi connectivity index (χ1v) is 5.72. The predicted molar refractivity (Wildman–Crippen MR) is 64.7 cm³/mol. The van der Waals surface area contributed by atoms with Crippen molar-refractivity contribution < 1.29 is 17.6 Å². The maximum Gasteiger partial charge on any atom is 0.420 e. The number of alkyl halides is 3. The lowest BCUT2D eigenvalue weighted by atomic mass is 10.1. The highest BCUT2D eigenvalue weighted by molar-refractivity contribution is 6.35. The minimum absolute atomic E-state index is 0.0231. The molecule has 1 nitrogen and oxygen atoms in total. The van der Waals surface area contributed by atoms with Gasteiger partial charge in [0.15, 0.2) is 0 Å². The van der Waals surface area contributed by atoms with Crippen molar-refractivity contribution in [2.45, 2.75) is 6.18 Å². The fourth-order valence-corrected chi connectivity index (χ4v) is 2.03. The van der Waals surface area contributed by atoms with Gasteiger partial charge in [0.2, 0.25) is 0 Å². The summed E-state index contributed by atoms with van der Waals surface area (Å²) in [6.45, 7) is 0. The fraction of sp³-hybridized carbons (Fsp3) is 0.0833. The second-order valence-electron chi connectivity index (χ2n) is 3.71. The van der Waals surface area contributed by atoms with Crippen molar-refractivity contribution in [2.24, 2.45) is 0 Å². The lowest BCUT2D eigenvalue weighted by Gasteiger charge is -2.09. The number of hydrogen-bond donors (Lipinski definition) is 0. The quantitative estimate of drug-likeness (QED) is 0.659. The Kier molecular flexibility index (Phi) is 3.69. The van der Waals surface area contributed by atoms with E-state index in [0.717, 1.165) is 0 Å². The molecule has 2 rings (SSSR count). The Morgan fingerprint density at radius 2 is 1.53 bits per heavy atom. The van der Waals surface area contributed by atoms with Crippen LogP contribution in [-0.2, 0) is 6.18 Å². The standard InChI is InChI=1S/C12H5Cl2F4N/c13-7-1-6(2-8(14)3-7)11-4-10(15)9(5-19-11)12(16,17)18/h1-5H. The van der Waals surface area contributed by atoms with Gasteiger partial charge in [0.05, 0.1) is 5.69 Å². The van der Waals surface area contributed by atoms with E-state index >= 15 is 0 Å². The van der Waals surface area contributed by atoms with Crippen LogP contribution in [0.3, 0.4) is 0 Å². The molecule has 0 N–H and O–H groups in total. The molecule has 7 heteroatoms. The third kappa shape index (κ3) is 3.16. The molecule has 0 unspecified atom stereocenters. The normalized spacial score (nSPS) is 11.7. The van der Waals surface area contributed by atoms with Crippen LogP contribution in [0.15, 0.2) is 30.5 Å².